The topological polar surface area (TPSA) is 41.1 Å². The fourth-order valence-electron chi connectivity index (χ4n) is 1.72. The van der Waals surface area contributed by atoms with Crippen LogP contribution in [0.3, 0.4) is 0 Å². The molecule has 0 bridgehead atoms. The maximum atomic E-state index is 13.6. The number of hydrogen-bond acceptors (Lipinski definition) is 2. The zero-order valence-corrected chi connectivity index (χ0v) is 12.0. The molecule has 0 saturated heterocycles. The van der Waals surface area contributed by atoms with E-state index in [4.69, 9.17) is 11.6 Å². The molecule has 6 heteroatoms. The third-order valence-corrected chi connectivity index (χ3v) is 3.06. The lowest BCUT2D eigenvalue weighted by Gasteiger charge is -2.09. The molecule has 0 aliphatic rings. The van der Waals surface area contributed by atoms with Crippen LogP contribution in [0.5, 0.6) is 0 Å². The number of rotatable bonds is 4. The molecule has 0 aliphatic heterocycles. The molecule has 110 valence electrons. The minimum Gasteiger partial charge on any atom is -0.374 e. The molecule has 1 amide bonds. The van der Waals surface area contributed by atoms with Crippen LogP contribution >= 0.6 is 11.6 Å². The lowest BCUT2D eigenvalue weighted by molar-refractivity contribution is -0.114. The Kier molecular flexibility index (Phi) is 4.75. The van der Waals surface area contributed by atoms with Crippen molar-refractivity contribution in [3.05, 3.63) is 58.6 Å². The highest BCUT2D eigenvalue weighted by Crippen LogP contribution is 2.19. The van der Waals surface area contributed by atoms with Crippen molar-refractivity contribution in [3.63, 3.8) is 0 Å². The van der Waals surface area contributed by atoms with Crippen molar-refractivity contribution in [1.29, 1.82) is 0 Å². The lowest BCUT2D eigenvalue weighted by atomic mass is 10.2. The van der Waals surface area contributed by atoms with Crippen LogP contribution in [0.1, 0.15) is 5.56 Å². The molecule has 0 radical (unpaired) electrons. The zero-order valence-electron chi connectivity index (χ0n) is 11.2. The van der Waals surface area contributed by atoms with Crippen molar-refractivity contribution in [1.82, 2.24) is 0 Å². The van der Waals surface area contributed by atoms with Crippen molar-refractivity contribution in [2.45, 2.75) is 6.92 Å². The Bertz CT molecular complexity index is 677. The van der Waals surface area contributed by atoms with Gasteiger partial charge < -0.3 is 10.6 Å². The first kappa shape index (κ1) is 15.3. The van der Waals surface area contributed by atoms with E-state index in [1.54, 1.807) is 19.1 Å². The van der Waals surface area contributed by atoms with Gasteiger partial charge in [-0.25, -0.2) is 8.78 Å². The Balaban J connectivity index is 1.94. The Morgan fingerprint density at radius 1 is 1.14 bits per heavy atom. The second kappa shape index (κ2) is 6.54. The van der Waals surface area contributed by atoms with Gasteiger partial charge in [-0.2, -0.15) is 0 Å². The number of benzene rings is 2. The molecule has 0 fully saturated rings. The summed E-state index contributed by atoms with van der Waals surface area (Å²) >= 11 is 5.61. The molecule has 0 saturated carbocycles. The molecule has 0 unspecified atom stereocenters. The van der Waals surface area contributed by atoms with E-state index in [1.807, 2.05) is 0 Å². The maximum absolute atomic E-state index is 13.6. The van der Waals surface area contributed by atoms with Gasteiger partial charge in [-0.1, -0.05) is 17.7 Å². The third-order valence-electron chi connectivity index (χ3n) is 2.77. The average Bonchev–Trinajstić information content (AvgIpc) is 2.42. The Labute approximate surface area is 125 Å². The largest absolute Gasteiger partial charge is 0.374 e. The first-order chi connectivity index (χ1) is 9.95. The number of anilines is 2. The van der Waals surface area contributed by atoms with Gasteiger partial charge in [0, 0.05) is 5.69 Å². The predicted molar refractivity (Wildman–Crippen MR) is 79.7 cm³/mol. The maximum Gasteiger partial charge on any atom is 0.243 e. The molecule has 0 spiro atoms. The summed E-state index contributed by atoms with van der Waals surface area (Å²) < 4.78 is 26.6. The molecular weight excluding hydrogens is 298 g/mol. The van der Waals surface area contributed by atoms with Crippen LogP contribution in [0.2, 0.25) is 5.02 Å². The first-order valence-corrected chi connectivity index (χ1v) is 6.58. The predicted octanol–water partition coefficient (Wildman–Crippen LogP) is 3.98. The van der Waals surface area contributed by atoms with Crippen LogP contribution < -0.4 is 10.6 Å². The summed E-state index contributed by atoms with van der Waals surface area (Å²) in [7, 11) is 0. The summed E-state index contributed by atoms with van der Waals surface area (Å²) in [5, 5.41) is 5.15. The highest BCUT2D eigenvalue weighted by Gasteiger charge is 2.07. The normalized spacial score (nSPS) is 10.3. The minimum atomic E-state index is -0.561. The summed E-state index contributed by atoms with van der Waals surface area (Å²) in [4.78, 5) is 11.7. The van der Waals surface area contributed by atoms with Gasteiger partial charge in [0.05, 0.1) is 17.3 Å². The SMILES string of the molecule is Cc1ccc(NCC(=O)Nc2ccc(F)c(Cl)c2)c(F)c1. The van der Waals surface area contributed by atoms with Crippen molar-refractivity contribution < 1.29 is 13.6 Å². The Morgan fingerprint density at radius 2 is 1.90 bits per heavy atom. The number of carbonyl (C=O) groups excluding carboxylic acids is 1. The molecule has 2 aromatic carbocycles. The van der Waals surface area contributed by atoms with Crippen LogP contribution in [0.25, 0.3) is 0 Å². The summed E-state index contributed by atoms with van der Waals surface area (Å²) in [5.74, 6) is -1.38. The van der Waals surface area contributed by atoms with Gasteiger partial charge in [0.1, 0.15) is 11.6 Å². The van der Waals surface area contributed by atoms with Crippen molar-refractivity contribution in [2.24, 2.45) is 0 Å². The second-order valence-electron chi connectivity index (χ2n) is 4.51. The van der Waals surface area contributed by atoms with E-state index >= 15 is 0 Å². The summed E-state index contributed by atoms with van der Waals surface area (Å²) in [6, 6.07) is 8.54. The summed E-state index contributed by atoms with van der Waals surface area (Å²) in [5.41, 5.74) is 1.41. The Morgan fingerprint density at radius 3 is 2.57 bits per heavy atom. The van der Waals surface area contributed by atoms with Crippen molar-refractivity contribution in [3.8, 4) is 0 Å². The fraction of sp³-hybridized carbons (Fsp3) is 0.133. The van der Waals surface area contributed by atoms with Crippen LogP contribution in [0, 0.1) is 18.6 Å². The van der Waals surface area contributed by atoms with E-state index < -0.39 is 17.5 Å². The standard InChI is InChI=1S/C15H13ClF2N2O/c1-9-2-5-14(13(18)6-9)19-8-15(21)20-10-3-4-12(17)11(16)7-10/h2-7,19H,8H2,1H3,(H,20,21). The molecule has 2 N–H and O–H groups in total. The van der Waals surface area contributed by atoms with Crippen molar-refractivity contribution in [2.75, 3.05) is 17.2 Å². The minimum absolute atomic E-state index is 0.0784. The molecule has 2 aromatic rings. The first-order valence-electron chi connectivity index (χ1n) is 6.20. The van der Waals surface area contributed by atoms with Gasteiger partial charge in [0.2, 0.25) is 5.91 Å². The number of carbonyl (C=O) groups is 1. The number of aryl methyl sites for hydroxylation is 1. The van der Waals surface area contributed by atoms with Crippen LogP contribution in [-0.2, 0) is 4.79 Å². The van der Waals surface area contributed by atoms with Crippen LogP contribution in [0.15, 0.2) is 36.4 Å². The van der Waals surface area contributed by atoms with Crippen molar-refractivity contribution >= 4 is 28.9 Å². The molecule has 0 aliphatic carbocycles. The molecular formula is C15H13ClF2N2O. The van der Waals surface area contributed by atoms with Crippen LogP contribution in [-0.4, -0.2) is 12.5 Å². The highest BCUT2D eigenvalue weighted by molar-refractivity contribution is 6.31. The van der Waals surface area contributed by atoms with E-state index in [1.165, 1.54) is 18.2 Å². The molecule has 0 heterocycles. The van der Waals surface area contributed by atoms with Gasteiger partial charge >= 0.3 is 0 Å². The molecule has 2 rings (SSSR count). The zero-order chi connectivity index (χ0) is 15.4. The van der Waals surface area contributed by atoms with Gasteiger partial charge in [-0.05, 0) is 42.8 Å². The highest BCUT2D eigenvalue weighted by atomic mass is 35.5. The number of halogens is 3. The van der Waals surface area contributed by atoms with E-state index in [9.17, 15) is 13.6 Å². The number of amides is 1. The third kappa shape index (κ3) is 4.16. The van der Waals surface area contributed by atoms with E-state index in [0.29, 0.717) is 5.69 Å². The van der Waals surface area contributed by atoms with E-state index in [-0.39, 0.29) is 17.3 Å². The van der Waals surface area contributed by atoms with Gasteiger partial charge in [-0.3, -0.25) is 4.79 Å². The fourth-order valence-corrected chi connectivity index (χ4v) is 1.90. The molecule has 21 heavy (non-hydrogen) atoms. The molecule has 3 nitrogen and oxygen atoms in total. The summed E-state index contributed by atoms with van der Waals surface area (Å²) in [6.45, 7) is 1.66. The second-order valence-corrected chi connectivity index (χ2v) is 4.92. The van der Waals surface area contributed by atoms with Gasteiger partial charge in [-0.15, -0.1) is 0 Å². The Hall–Kier alpha value is -2.14. The van der Waals surface area contributed by atoms with Crippen LogP contribution in [0.4, 0.5) is 20.2 Å². The molecule has 0 aromatic heterocycles. The van der Waals surface area contributed by atoms with Gasteiger partial charge in [0.25, 0.3) is 0 Å². The smallest absolute Gasteiger partial charge is 0.243 e. The van der Waals surface area contributed by atoms with E-state index in [2.05, 4.69) is 10.6 Å². The number of hydrogen-bond donors (Lipinski definition) is 2. The van der Waals surface area contributed by atoms with Gasteiger partial charge in [0.15, 0.2) is 0 Å². The quantitative estimate of drug-likeness (QED) is 0.897. The summed E-state index contributed by atoms with van der Waals surface area (Å²) in [6.07, 6.45) is 0. The number of nitrogens with one attached hydrogen (secondary N) is 2. The lowest BCUT2D eigenvalue weighted by Crippen LogP contribution is -2.22. The monoisotopic (exact) mass is 310 g/mol. The molecule has 0 atom stereocenters. The average molecular weight is 311 g/mol. The van der Waals surface area contributed by atoms with E-state index in [0.717, 1.165) is 11.6 Å².